The van der Waals surface area contributed by atoms with Gasteiger partial charge in [-0.3, -0.25) is 9.97 Å². The minimum atomic E-state index is 0.501. The molecule has 0 spiro atoms. The van der Waals surface area contributed by atoms with Crippen LogP contribution >= 0.6 is 0 Å². The van der Waals surface area contributed by atoms with E-state index in [0.29, 0.717) is 11.5 Å². The molecule has 0 amide bonds. The molecule has 0 aliphatic rings. The van der Waals surface area contributed by atoms with Crippen molar-refractivity contribution >= 4 is 0 Å². The Labute approximate surface area is 221 Å². The maximum absolute atomic E-state index is 4.94. The molecule has 0 unspecified atom stereocenters. The molecule has 4 aromatic heterocycles. The molecule has 0 saturated heterocycles. The minimum absolute atomic E-state index is 0.501. The van der Waals surface area contributed by atoms with Crippen LogP contribution in [0.1, 0.15) is 11.4 Å². The van der Waals surface area contributed by atoms with Crippen molar-refractivity contribution in [3.05, 3.63) is 133 Å². The van der Waals surface area contributed by atoms with Gasteiger partial charge in [0.1, 0.15) is 17.1 Å². The van der Waals surface area contributed by atoms with Crippen LogP contribution in [-0.4, -0.2) is 30.1 Å². The molecule has 6 heteroatoms. The first-order chi connectivity index (χ1) is 18.8. The second-order valence-corrected chi connectivity index (χ2v) is 8.81. The van der Waals surface area contributed by atoms with Crippen LogP contribution < -0.4 is 0 Å². The molecule has 0 aliphatic carbocycles. The summed E-state index contributed by atoms with van der Waals surface area (Å²) in [5, 5.41) is 9.07. The Morgan fingerprint density at radius 1 is 0.421 bits per heavy atom. The summed E-state index contributed by atoms with van der Waals surface area (Å²) in [4.78, 5) is 19.0. The highest BCUT2D eigenvalue weighted by atomic mass is 15.2. The highest BCUT2D eigenvalue weighted by Crippen LogP contribution is 2.29. The Morgan fingerprint density at radius 3 is 1.66 bits per heavy atom. The Bertz CT molecular complexity index is 1650. The van der Waals surface area contributed by atoms with E-state index in [1.165, 1.54) is 0 Å². The average Bonchev–Trinajstić information content (AvgIpc) is 3.01. The van der Waals surface area contributed by atoms with Crippen molar-refractivity contribution in [1.29, 1.82) is 0 Å². The van der Waals surface area contributed by atoms with Crippen molar-refractivity contribution in [3.8, 4) is 45.4 Å². The second-order valence-electron chi connectivity index (χ2n) is 8.81. The van der Waals surface area contributed by atoms with Gasteiger partial charge in [0, 0.05) is 28.7 Å². The molecular weight excluding hydrogens is 468 g/mol. The van der Waals surface area contributed by atoms with Crippen molar-refractivity contribution in [1.82, 2.24) is 30.1 Å². The number of rotatable bonds is 7. The molecule has 6 aromatic rings. The van der Waals surface area contributed by atoms with E-state index in [0.717, 1.165) is 58.1 Å². The van der Waals surface area contributed by atoms with Crippen LogP contribution in [0.2, 0.25) is 0 Å². The van der Waals surface area contributed by atoms with Crippen molar-refractivity contribution in [2.24, 2.45) is 0 Å². The Morgan fingerprint density at radius 2 is 1.00 bits per heavy atom. The molecule has 0 aliphatic heterocycles. The van der Waals surface area contributed by atoms with E-state index in [1.807, 2.05) is 115 Å². The van der Waals surface area contributed by atoms with Gasteiger partial charge in [-0.15, -0.1) is 10.2 Å². The van der Waals surface area contributed by atoms with Gasteiger partial charge in [0.25, 0.3) is 0 Å². The quantitative estimate of drug-likeness (QED) is 0.253. The smallest absolute Gasteiger partial charge is 0.201 e. The molecule has 38 heavy (non-hydrogen) atoms. The van der Waals surface area contributed by atoms with Gasteiger partial charge in [-0.2, -0.15) is 0 Å². The summed E-state index contributed by atoms with van der Waals surface area (Å²) in [6.07, 6.45) is 3.29. The third-order valence-electron chi connectivity index (χ3n) is 6.19. The summed E-state index contributed by atoms with van der Waals surface area (Å²) in [5.74, 6) is 0.501. The Kier molecular flexibility index (Phi) is 6.68. The molecular formula is C32H24N6. The summed E-state index contributed by atoms with van der Waals surface area (Å²) in [7, 11) is 0. The molecule has 0 bridgehead atoms. The van der Waals surface area contributed by atoms with E-state index in [-0.39, 0.29) is 0 Å². The first-order valence-electron chi connectivity index (χ1n) is 12.5. The largest absolute Gasteiger partial charge is 0.255 e. The van der Waals surface area contributed by atoms with Crippen LogP contribution in [0.4, 0.5) is 0 Å². The highest BCUT2D eigenvalue weighted by molar-refractivity contribution is 5.78. The maximum Gasteiger partial charge on any atom is 0.201 e. The van der Waals surface area contributed by atoms with Gasteiger partial charge in [-0.05, 0) is 49.2 Å². The van der Waals surface area contributed by atoms with Gasteiger partial charge in [-0.1, -0.05) is 78.9 Å². The Hall–Kier alpha value is -5.10. The lowest BCUT2D eigenvalue weighted by atomic mass is 10.0. The predicted molar refractivity (Wildman–Crippen MR) is 149 cm³/mol. The summed E-state index contributed by atoms with van der Waals surface area (Å²) in [5.41, 5.74) is 7.87. The predicted octanol–water partition coefficient (Wildman–Crippen LogP) is 6.51. The number of pyridine rings is 3. The molecule has 182 valence electrons. The van der Waals surface area contributed by atoms with Gasteiger partial charge in [-0.25, -0.2) is 9.97 Å². The molecule has 6 rings (SSSR count). The number of hydrogen-bond acceptors (Lipinski definition) is 6. The van der Waals surface area contributed by atoms with Crippen LogP contribution in [0.25, 0.3) is 45.4 Å². The summed E-state index contributed by atoms with van der Waals surface area (Å²) < 4.78 is 0. The number of aryl methyl sites for hydroxylation is 2. The first kappa shape index (κ1) is 23.3. The summed E-state index contributed by atoms with van der Waals surface area (Å²) in [6, 6.07) is 37.9. The monoisotopic (exact) mass is 492 g/mol. The van der Waals surface area contributed by atoms with Crippen LogP contribution in [-0.2, 0) is 12.8 Å². The van der Waals surface area contributed by atoms with E-state index in [2.05, 4.69) is 15.2 Å². The molecule has 6 nitrogen and oxygen atoms in total. The van der Waals surface area contributed by atoms with Crippen molar-refractivity contribution in [3.63, 3.8) is 0 Å². The fourth-order valence-corrected chi connectivity index (χ4v) is 4.30. The lowest BCUT2D eigenvalue weighted by molar-refractivity contribution is 0.878. The molecule has 0 radical (unpaired) electrons. The fourth-order valence-electron chi connectivity index (χ4n) is 4.30. The molecule has 0 atom stereocenters. The average molecular weight is 493 g/mol. The van der Waals surface area contributed by atoms with E-state index in [9.17, 15) is 0 Å². The van der Waals surface area contributed by atoms with E-state index >= 15 is 0 Å². The van der Waals surface area contributed by atoms with Crippen LogP contribution in [0.3, 0.4) is 0 Å². The van der Waals surface area contributed by atoms with Crippen LogP contribution in [0.5, 0.6) is 0 Å². The lowest BCUT2D eigenvalue weighted by Crippen LogP contribution is -2.03. The number of hydrogen-bond donors (Lipinski definition) is 0. The zero-order valence-corrected chi connectivity index (χ0v) is 20.6. The van der Waals surface area contributed by atoms with Crippen LogP contribution in [0.15, 0.2) is 121 Å². The highest BCUT2D eigenvalue weighted by Gasteiger charge is 2.15. The van der Waals surface area contributed by atoms with Gasteiger partial charge in [0.2, 0.25) is 5.82 Å². The number of aromatic nitrogens is 6. The summed E-state index contributed by atoms with van der Waals surface area (Å²) in [6.45, 7) is 0. The number of nitrogens with zero attached hydrogens (tertiary/aromatic N) is 6. The zero-order valence-electron chi connectivity index (χ0n) is 20.6. The van der Waals surface area contributed by atoms with E-state index in [1.54, 1.807) is 6.20 Å². The SMILES string of the molecule is c1ccc(-c2nnc(-c3cccc(CCc4cccc(-c5ccccn5)n4)n3)nc2-c2ccccc2)cc1. The maximum atomic E-state index is 4.94. The third kappa shape index (κ3) is 5.20. The van der Waals surface area contributed by atoms with Crippen LogP contribution in [0, 0.1) is 0 Å². The first-order valence-corrected chi connectivity index (χ1v) is 12.5. The number of benzene rings is 2. The molecule has 0 N–H and O–H groups in total. The topological polar surface area (TPSA) is 77.3 Å². The van der Waals surface area contributed by atoms with Crippen molar-refractivity contribution < 1.29 is 0 Å². The normalized spacial score (nSPS) is 10.8. The third-order valence-corrected chi connectivity index (χ3v) is 6.19. The van der Waals surface area contributed by atoms with E-state index < -0.39 is 0 Å². The second kappa shape index (κ2) is 10.9. The minimum Gasteiger partial charge on any atom is -0.255 e. The molecule has 2 aromatic carbocycles. The molecule has 4 heterocycles. The van der Waals surface area contributed by atoms with Gasteiger partial charge >= 0.3 is 0 Å². The molecule has 0 fully saturated rings. The fraction of sp³-hybridized carbons (Fsp3) is 0.0625. The van der Waals surface area contributed by atoms with Gasteiger partial charge < -0.3 is 0 Å². The van der Waals surface area contributed by atoms with Crippen molar-refractivity contribution in [2.45, 2.75) is 12.8 Å². The zero-order chi connectivity index (χ0) is 25.6. The standard InChI is InChI=1S/C32H24N6/c1-3-11-23(12-4-1)30-31(24-13-5-2-6-14-24)37-38-32(36-30)29-19-10-16-26(35-29)21-20-25-15-9-18-28(34-25)27-17-7-8-22-33-27/h1-19,22H,20-21H2. The van der Waals surface area contributed by atoms with Gasteiger partial charge in [0.15, 0.2) is 0 Å². The van der Waals surface area contributed by atoms with Crippen molar-refractivity contribution in [2.75, 3.05) is 0 Å². The van der Waals surface area contributed by atoms with Gasteiger partial charge in [0.05, 0.1) is 11.4 Å². The van der Waals surface area contributed by atoms with E-state index in [4.69, 9.17) is 15.0 Å². The molecule has 0 saturated carbocycles. The lowest BCUT2D eigenvalue weighted by Gasteiger charge is -2.10. The summed E-state index contributed by atoms with van der Waals surface area (Å²) >= 11 is 0. The Balaban J connectivity index is 1.28.